The maximum atomic E-state index is 5.88. The van der Waals surface area contributed by atoms with Gasteiger partial charge in [0.1, 0.15) is 11.5 Å². The third kappa shape index (κ3) is 3.59. The smallest absolute Gasteiger partial charge is 0.141 e. The fraction of sp³-hybridized carbons (Fsp3) is 0.200. The van der Waals surface area contributed by atoms with Crippen LogP contribution in [0.4, 0.5) is 0 Å². The summed E-state index contributed by atoms with van der Waals surface area (Å²) in [6.07, 6.45) is 0. The van der Waals surface area contributed by atoms with E-state index in [1.807, 2.05) is 50.2 Å². The summed E-state index contributed by atoms with van der Waals surface area (Å²) in [7, 11) is 0. The molecule has 0 bridgehead atoms. The molecule has 2 aromatic rings. The Balaban J connectivity index is 2.26. The van der Waals surface area contributed by atoms with Gasteiger partial charge in [-0.15, -0.1) is 0 Å². The van der Waals surface area contributed by atoms with Crippen molar-refractivity contribution in [3.05, 3.63) is 56.5 Å². The zero-order chi connectivity index (χ0) is 14.0. The van der Waals surface area contributed by atoms with Crippen molar-refractivity contribution in [3.63, 3.8) is 0 Å². The van der Waals surface area contributed by atoms with E-state index in [2.05, 4.69) is 31.9 Å². The molecular formula is C15H15Br2NO. The lowest BCUT2D eigenvalue weighted by Gasteiger charge is -2.12. The van der Waals surface area contributed by atoms with Gasteiger partial charge < -0.3 is 10.5 Å². The zero-order valence-electron chi connectivity index (χ0n) is 10.8. The highest BCUT2D eigenvalue weighted by Gasteiger charge is 2.08. The lowest BCUT2D eigenvalue weighted by molar-refractivity contribution is 0.478. The summed E-state index contributed by atoms with van der Waals surface area (Å²) in [6.45, 7) is 4.00. The lowest BCUT2D eigenvalue weighted by atomic mass is 10.1. The Kier molecular flexibility index (Phi) is 4.66. The van der Waals surface area contributed by atoms with Crippen LogP contribution in [0, 0.1) is 6.92 Å². The summed E-state index contributed by atoms with van der Waals surface area (Å²) < 4.78 is 7.77. The van der Waals surface area contributed by atoms with Gasteiger partial charge in [0.05, 0.1) is 4.47 Å². The molecule has 0 aliphatic carbocycles. The average Bonchev–Trinajstić information content (AvgIpc) is 2.32. The second-order valence-electron chi connectivity index (χ2n) is 4.51. The highest BCUT2D eigenvalue weighted by molar-refractivity contribution is 9.10. The van der Waals surface area contributed by atoms with Gasteiger partial charge in [-0.2, -0.15) is 0 Å². The molecule has 0 heterocycles. The first-order valence-corrected chi connectivity index (χ1v) is 7.55. The van der Waals surface area contributed by atoms with E-state index >= 15 is 0 Å². The quantitative estimate of drug-likeness (QED) is 0.775. The first-order valence-electron chi connectivity index (χ1n) is 5.96. The predicted octanol–water partition coefficient (Wildman–Crippen LogP) is 5.33. The molecule has 0 saturated carbocycles. The number of ether oxygens (including phenoxy) is 1. The molecule has 100 valence electrons. The van der Waals surface area contributed by atoms with Crippen LogP contribution in [0.3, 0.4) is 0 Å². The third-order valence-corrected chi connectivity index (χ3v) is 4.08. The molecule has 1 atom stereocenters. The number of hydrogen-bond donors (Lipinski definition) is 1. The van der Waals surface area contributed by atoms with Crippen LogP contribution in [0.5, 0.6) is 11.5 Å². The Morgan fingerprint density at radius 1 is 1.05 bits per heavy atom. The molecule has 0 unspecified atom stereocenters. The highest BCUT2D eigenvalue weighted by atomic mass is 79.9. The maximum Gasteiger partial charge on any atom is 0.141 e. The van der Waals surface area contributed by atoms with Crippen LogP contribution >= 0.6 is 31.9 Å². The molecule has 4 heteroatoms. The molecule has 2 N–H and O–H groups in total. The second-order valence-corrected chi connectivity index (χ2v) is 6.22. The molecular weight excluding hydrogens is 370 g/mol. The van der Waals surface area contributed by atoms with Gasteiger partial charge in [0.25, 0.3) is 0 Å². The second kappa shape index (κ2) is 6.07. The van der Waals surface area contributed by atoms with E-state index in [9.17, 15) is 0 Å². The van der Waals surface area contributed by atoms with Crippen molar-refractivity contribution in [3.8, 4) is 11.5 Å². The van der Waals surface area contributed by atoms with Gasteiger partial charge in [-0.3, -0.25) is 0 Å². The number of nitrogens with two attached hydrogens (primary N) is 1. The monoisotopic (exact) mass is 383 g/mol. The minimum atomic E-state index is -0.00506. The molecule has 0 spiro atoms. The van der Waals surface area contributed by atoms with Gasteiger partial charge in [0, 0.05) is 10.5 Å². The van der Waals surface area contributed by atoms with Gasteiger partial charge in [-0.1, -0.05) is 28.1 Å². The minimum absolute atomic E-state index is 0.00506. The Morgan fingerprint density at radius 3 is 2.37 bits per heavy atom. The van der Waals surface area contributed by atoms with Crippen LogP contribution in [0.15, 0.2) is 45.3 Å². The van der Waals surface area contributed by atoms with E-state index in [-0.39, 0.29) is 6.04 Å². The van der Waals surface area contributed by atoms with Gasteiger partial charge in [-0.05, 0) is 65.2 Å². The van der Waals surface area contributed by atoms with Gasteiger partial charge in [0.15, 0.2) is 0 Å². The molecule has 2 rings (SSSR count). The SMILES string of the molecule is Cc1ccc(Oc2ccc([C@H](C)N)c(Br)c2)c(Br)c1. The Labute approximate surface area is 130 Å². The summed E-state index contributed by atoms with van der Waals surface area (Å²) in [4.78, 5) is 0. The lowest BCUT2D eigenvalue weighted by Crippen LogP contribution is -2.05. The molecule has 2 nitrogen and oxygen atoms in total. The number of hydrogen-bond acceptors (Lipinski definition) is 2. The van der Waals surface area contributed by atoms with E-state index in [1.165, 1.54) is 5.56 Å². The summed E-state index contributed by atoms with van der Waals surface area (Å²) in [5.41, 5.74) is 8.13. The van der Waals surface area contributed by atoms with E-state index in [0.717, 1.165) is 26.0 Å². The first-order chi connectivity index (χ1) is 8.97. The van der Waals surface area contributed by atoms with E-state index in [1.54, 1.807) is 0 Å². The summed E-state index contributed by atoms with van der Waals surface area (Å²) >= 11 is 7.02. The van der Waals surface area contributed by atoms with Crippen molar-refractivity contribution in [2.45, 2.75) is 19.9 Å². The molecule has 0 aliphatic heterocycles. The van der Waals surface area contributed by atoms with Crippen LogP contribution in [0.25, 0.3) is 0 Å². The van der Waals surface area contributed by atoms with Crippen molar-refractivity contribution < 1.29 is 4.74 Å². The molecule has 0 aromatic heterocycles. The third-order valence-electron chi connectivity index (χ3n) is 2.78. The van der Waals surface area contributed by atoms with E-state index < -0.39 is 0 Å². The molecule has 0 fully saturated rings. The molecule has 0 radical (unpaired) electrons. The van der Waals surface area contributed by atoms with Crippen LogP contribution in [0.1, 0.15) is 24.1 Å². The van der Waals surface area contributed by atoms with Crippen LogP contribution in [-0.4, -0.2) is 0 Å². The van der Waals surface area contributed by atoms with Gasteiger partial charge >= 0.3 is 0 Å². The number of rotatable bonds is 3. The fourth-order valence-electron chi connectivity index (χ4n) is 1.76. The largest absolute Gasteiger partial charge is 0.456 e. The highest BCUT2D eigenvalue weighted by Crippen LogP contribution is 2.33. The summed E-state index contributed by atoms with van der Waals surface area (Å²) in [6, 6.07) is 11.8. The number of halogens is 2. The van der Waals surface area contributed by atoms with Crippen LogP contribution < -0.4 is 10.5 Å². The molecule has 2 aromatic carbocycles. The van der Waals surface area contributed by atoms with Crippen molar-refractivity contribution in [1.82, 2.24) is 0 Å². The number of benzene rings is 2. The molecule has 19 heavy (non-hydrogen) atoms. The van der Waals surface area contributed by atoms with Gasteiger partial charge in [0.2, 0.25) is 0 Å². The van der Waals surface area contributed by atoms with Crippen LogP contribution in [0.2, 0.25) is 0 Å². The average molecular weight is 385 g/mol. The van der Waals surface area contributed by atoms with E-state index in [0.29, 0.717) is 0 Å². The normalized spacial score (nSPS) is 12.3. The van der Waals surface area contributed by atoms with Crippen LogP contribution in [-0.2, 0) is 0 Å². The molecule has 0 aliphatic rings. The summed E-state index contributed by atoms with van der Waals surface area (Å²) in [5, 5.41) is 0. The Hall–Kier alpha value is -0.840. The van der Waals surface area contributed by atoms with Gasteiger partial charge in [-0.25, -0.2) is 0 Å². The Morgan fingerprint density at radius 2 is 1.79 bits per heavy atom. The molecule has 0 saturated heterocycles. The Bertz CT molecular complexity index is 597. The summed E-state index contributed by atoms with van der Waals surface area (Å²) in [5.74, 6) is 1.58. The fourth-order valence-corrected chi connectivity index (χ4v) is 3.05. The topological polar surface area (TPSA) is 35.2 Å². The van der Waals surface area contributed by atoms with Crippen molar-refractivity contribution in [1.29, 1.82) is 0 Å². The standard InChI is InChI=1S/C15H15Br2NO/c1-9-3-6-15(14(17)7-9)19-11-4-5-12(10(2)18)13(16)8-11/h3-8,10H,18H2,1-2H3/t10-/m0/s1. The maximum absolute atomic E-state index is 5.88. The predicted molar refractivity (Wildman–Crippen MR) is 85.7 cm³/mol. The van der Waals surface area contributed by atoms with Crippen molar-refractivity contribution in [2.24, 2.45) is 5.73 Å². The zero-order valence-corrected chi connectivity index (χ0v) is 14.0. The number of aryl methyl sites for hydroxylation is 1. The minimum Gasteiger partial charge on any atom is -0.456 e. The molecule has 0 amide bonds. The van der Waals surface area contributed by atoms with E-state index in [4.69, 9.17) is 10.5 Å². The first kappa shape index (κ1) is 14.6. The van der Waals surface area contributed by atoms with Crippen molar-refractivity contribution >= 4 is 31.9 Å². The van der Waals surface area contributed by atoms with Crippen molar-refractivity contribution in [2.75, 3.05) is 0 Å².